The standard InChI is InChI=1S/C8H8F3N3O4/c1-13-5(16)6(17)14(7(13)18)2-4(15)12-3-8(9,10)11/h2-3H2,1H3,(H,12,15). The van der Waals surface area contributed by atoms with Crippen LogP contribution in [0.5, 0.6) is 0 Å². The summed E-state index contributed by atoms with van der Waals surface area (Å²) in [6.45, 7) is -2.50. The Bertz CT molecular complexity index is 420. The van der Waals surface area contributed by atoms with Crippen molar-refractivity contribution in [1.29, 1.82) is 0 Å². The van der Waals surface area contributed by atoms with Crippen LogP contribution < -0.4 is 5.32 Å². The second-order valence-corrected chi connectivity index (χ2v) is 3.43. The molecule has 1 heterocycles. The third-order valence-corrected chi connectivity index (χ3v) is 2.04. The average molecular weight is 267 g/mol. The molecule has 1 saturated heterocycles. The van der Waals surface area contributed by atoms with Crippen LogP contribution in [0.1, 0.15) is 0 Å². The van der Waals surface area contributed by atoms with E-state index >= 15 is 0 Å². The minimum atomic E-state index is -4.60. The molecule has 1 rings (SSSR count). The number of alkyl halides is 3. The Morgan fingerprint density at radius 1 is 1.22 bits per heavy atom. The van der Waals surface area contributed by atoms with E-state index in [1.165, 1.54) is 5.32 Å². The highest BCUT2D eigenvalue weighted by molar-refractivity contribution is 6.44. The summed E-state index contributed by atoms with van der Waals surface area (Å²) in [7, 11) is 1.02. The fourth-order valence-corrected chi connectivity index (χ4v) is 1.15. The third-order valence-electron chi connectivity index (χ3n) is 2.04. The lowest BCUT2D eigenvalue weighted by atomic mass is 10.4. The highest BCUT2D eigenvalue weighted by atomic mass is 19.4. The van der Waals surface area contributed by atoms with E-state index in [9.17, 15) is 32.3 Å². The van der Waals surface area contributed by atoms with E-state index in [4.69, 9.17) is 0 Å². The molecule has 100 valence electrons. The van der Waals surface area contributed by atoms with Gasteiger partial charge in [0.1, 0.15) is 13.1 Å². The van der Waals surface area contributed by atoms with Crippen molar-refractivity contribution >= 4 is 23.8 Å². The number of halogens is 3. The molecule has 0 spiro atoms. The quantitative estimate of drug-likeness (QED) is 0.529. The topological polar surface area (TPSA) is 86.8 Å². The molecule has 10 heteroatoms. The van der Waals surface area contributed by atoms with Gasteiger partial charge in [0.25, 0.3) is 0 Å². The summed E-state index contributed by atoms with van der Waals surface area (Å²) in [5.41, 5.74) is 0. The van der Waals surface area contributed by atoms with E-state index in [2.05, 4.69) is 0 Å². The Morgan fingerprint density at radius 3 is 2.17 bits per heavy atom. The molecule has 0 aromatic rings. The first-order valence-electron chi connectivity index (χ1n) is 4.60. The largest absolute Gasteiger partial charge is 0.405 e. The van der Waals surface area contributed by atoms with Gasteiger partial charge in [-0.25, -0.2) is 9.69 Å². The van der Waals surface area contributed by atoms with E-state index in [1.54, 1.807) is 0 Å². The number of carbonyl (C=O) groups excluding carboxylic acids is 4. The van der Waals surface area contributed by atoms with Crippen molar-refractivity contribution in [3.63, 3.8) is 0 Å². The lowest BCUT2D eigenvalue weighted by Gasteiger charge is -2.13. The molecule has 0 aromatic carbocycles. The highest BCUT2D eigenvalue weighted by Crippen LogP contribution is 2.12. The van der Waals surface area contributed by atoms with Gasteiger partial charge in [0.05, 0.1) is 0 Å². The van der Waals surface area contributed by atoms with Gasteiger partial charge in [-0.15, -0.1) is 0 Å². The molecule has 1 N–H and O–H groups in total. The van der Waals surface area contributed by atoms with Gasteiger partial charge in [-0.3, -0.25) is 19.3 Å². The van der Waals surface area contributed by atoms with E-state index < -0.39 is 43.0 Å². The van der Waals surface area contributed by atoms with E-state index in [0.29, 0.717) is 4.90 Å². The van der Waals surface area contributed by atoms with Crippen LogP contribution in [0.15, 0.2) is 0 Å². The molecule has 1 aliphatic heterocycles. The molecule has 18 heavy (non-hydrogen) atoms. The number of carbonyl (C=O) groups is 4. The van der Waals surface area contributed by atoms with Gasteiger partial charge >= 0.3 is 24.0 Å². The van der Waals surface area contributed by atoms with Gasteiger partial charge in [0, 0.05) is 7.05 Å². The molecule has 0 aromatic heterocycles. The molecule has 0 bridgehead atoms. The number of hydrogen-bond donors (Lipinski definition) is 1. The number of urea groups is 1. The Kier molecular flexibility index (Phi) is 3.58. The predicted molar refractivity (Wildman–Crippen MR) is 48.9 cm³/mol. The first-order chi connectivity index (χ1) is 8.13. The van der Waals surface area contributed by atoms with Crippen molar-refractivity contribution in [1.82, 2.24) is 15.1 Å². The predicted octanol–water partition coefficient (Wildman–Crippen LogP) is -0.914. The molecular weight excluding hydrogens is 259 g/mol. The number of amides is 5. The summed E-state index contributed by atoms with van der Waals surface area (Å²) >= 11 is 0. The normalized spacial score (nSPS) is 16.6. The van der Waals surface area contributed by atoms with Crippen LogP contribution in [0, 0.1) is 0 Å². The maximum atomic E-state index is 11.8. The molecule has 0 radical (unpaired) electrons. The van der Waals surface area contributed by atoms with Crippen LogP contribution in [-0.4, -0.2) is 59.9 Å². The number of imide groups is 2. The molecule has 5 amide bonds. The number of rotatable bonds is 3. The zero-order chi connectivity index (χ0) is 14.1. The van der Waals surface area contributed by atoms with Gasteiger partial charge in [0.15, 0.2) is 0 Å². The van der Waals surface area contributed by atoms with E-state index in [0.717, 1.165) is 7.05 Å². The summed E-state index contributed by atoms with van der Waals surface area (Å²) in [6, 6.07) is -1.05. The van der Waals surface area contributed by atoms with Gasteiger partial charge in [-0.2, -0.15) is 13.2 Å². The maximum Gasteiger partial charge on any atom is 0.405 e. The fraction of sp³-hybridized carbons (Fsp3) is 0.500. The lowest BCUT2D eigenvalue weighted by molar-refractivity contribution is -0.145. The maximum absolute atomic E-state index is 11.8. The summed E-state index contributed by atoms with van der Waals surface area (Å²) in [6.07, 6.45) is -4.60. The first kappa shape index (κ1) is 13.9. The van der Waals surface area contributed by atoms with Crippen molar-refractivity contribution in [2.24, 2.45) is 0 Å². The van der Waals surface area contributed by atoms with Crippen molar-refractivity contribution in [3.8, 4) is 0 Å². The average Bonchev–Trinajstić information content (AvgIpc) is 2.43. The van der Waals surface area contributed by atoms with Crippen LogP contribution in [0.2, 0.25) is 0 Å². The number of hydrogen-bond acceptors (Lipinski definition) is 4. The molecule has 0 unspecified atom stereocenters. The Hall–Kier alpha value is -2.13. The summed E-state index contributed by atoms with van der Waals surface area (Å²) < 4.78 is 35.3. The number of nitrogens with zero attached hydrogens (tertiary/aromatic N) is 2. The first-order valence-corrected chi connectivity index (χ1v) is 4.60. The van der Waals surface area contributed by atoms with Crippen LogP contribution in [0.25, 0.3) is 0 Å². The summed E-state index contributed by atoms with van der Waals surface area (Å²) in [5.74, 6) is -3.56. The number of likely N-dealkylation sites (N-methyl/N-ethyl adjacent to an activating group) is 1. The Balaban J connectivity index is 2.58. The van der Waals surface area contributed by atoms with Gasteiger partial charge < -0.3 is 5.32 Å². The molecule has 0 aliphatic carbocycles. The SMILES string of the molecule is CN1C(=O)C(=O)N(CC(=O)NCC(F)(F)F)C1=O. The van der Waals surface area contributed by atoms with Crippen LogP contribution in [0.3, 0.4) is 0 Å². The second kappa shape index (κ2) is 4.63. The molecule has 1 aliphatic rings. The molecule has 7 nitrogen and oxygen atoms in total. The van der Waals surface area contributed by atoms with Gasteiger partial charge in [0.2, 0.25) is 5.91 Å². The molecular formula is C8H8F3N3O4. The van der Waals surface area contributed by atoms with Crippen LogP contribution in [0.4, 0.5) is 18.0 Å². The van der Waals surface area contributed by atoms with Gasteiger partial charge in [-0.05, 0) is 0 Å². The zero-order valence-corrected chi connectivity index (χ0v) is 9.08. The smallest absolute Gasteiger partial charge is 0.345 e. The van der Waals surface area contributed by atoms with E-state index in [-0.39, 0.29) is 4.90 Å². The minimum absolute atomic E-state index is 0.272. The van der Waals surface area contributed by atoms with E-state index in [1.807, 2.05) is 0 Å². The van der Waals surface area contributed by atoms with Crippen molar-refractivity contribution in [3.05, 3.63) is 0 Å². The summed E-state index contributed by atoms with van der Waals surface area (Å²) in [5, 5.41) is 1.48. The zero-order valence-electron chi connectivity index (χ0n) is 9.08. The monoisotopic (exact) mass is 267 g/mol. The molecule has 0 atom stereocenters. The van der Waals surface area contributed by atoms with Crippen molar-refractivity contribution in [2.75, 3.05) is 20.1 Å². The van der Waals surface area contributed by atoms with Crippen LogP contribution in [-0.2, 0) is 14.4 Å². The Labute approximate surface area is 98.5 Å². The lowest BCUT2D eigenvalue weighted by Crippen LogP contribution is -2.43. The highest BCUT2D eigenvalue weighted by Gasteiger charge is 2.43. The van der Waals surface area contributed by atoms with Gasteiger partial charge in [-0.1, -0.05) is 0 Å². The molecule has 1 fully saturated rings. The summed E-state index contributed by atoms with van der Waals surface area (Å²) in [4.78, 5) is 45.3. The molecule has 0 saturated carbocycles. The minimum Gasteiger partial charge on any atom is -0.345 e. The van der Waals surface area contributed by atoms with Crippen molar-refractivity contribution in [2.45, 2.75) is 6.18 Å². The third kappa shape index (κ3) is 2.96. The Morgan fingerprint density at radius 2 is 1.78 bits per heavy atom. The van der Waals surface area contributed by atoms with Crippen LogP contribution >= 0.6 is 0 Å². The van der Waals surface area contributed by atoms with Crippen molar-refractivity contribution < 1.29 is 32.3 Å². The second-order valence-electron chi connectivity index (χ2n) is 3.43. The number of nitrogens with one attached hydrogen (secondary N) is 1. The fourth-order valence-electron chi connectivity index (χ4n) is 1.15.